The largest absolute Gasteiger partial charge is 0.351 e. The molecule has 0 heterocycles. The van der Waals surface area contributed by atoms with Crippen molar-refractivity contribution in [1.82, 2.24) is 10.6 Å². The van der Waals surface area contributed by atoms with Gasteiger partial charge in [-0.1, -0.05) is 27.7 Å². The number of hydrogen-bond donors (Lipinski definition) is 2. The van der Waals surface area contributed by atoms with E-state index in [4.69, 9.17) is 0 Å². The fourth-order valence-corrected chi connectivity index (χ4v) is 2.11. The predicted octanol–water partition coefficient (Wildman–Crippen LogP) is 1.93. The van der Waals surface area contributed by atoms with Crippen molar-refractivity contribution in [2.75, 3.05) is 6.54 Å². The summed E-state index contributed by atoms with van der Waals surface area (Å²) in [7, 11) is 0. The number of rotatable bonds is 3. The Kier molecular flexibility index (Phi) is 3.14. The van der Waals surface area contributed by atoms with Crippen LogP contribution in [0.25, 0.3) is 0 Å². The van der Waals surface area contributed by atoms with Crippen molar-refractivity contribution in [3.63, 3.8) is 0 Å². The topological polar surface area (TPSA) is 41.1 Å². The Morgan fingerprint density at radius 1 is 1.12 bits per heavy atom. The third-order valence-electron chi connectivity index (χ3n) is 4.11. The van der Waals surface area contributed by atoms with E-state index in [9.17, 15) is 4.79 Å². The van der Waals surface area contributed by atoms with Gasteiger partial charge in [0, 0.05) is 11.6 Å². The van der Waals surface area contributed by atoms with E-state index in [1.165, 1.54) is 0 Å². The monoisotopic (exact) mass is 226 g/mol. The van der Waals surface area contributed by atoms with E-state index in [0.29, 0.717) is 12.6 Å². The number of carbonyl (C=O) groups excluding carboxylic acids is 1. The minimum absolute atomic E-state index is 0.00801. The zero-order valence-corrected chi connectivity index (χ0v) is 11.7. The van der Waals surface area contributed by atoms with Gasteiger partial charge in [0.1, 0.15) is 0 Å². The molecule has 1 saturated carbocycles. The van der Waals surface area contributed by atoms with Crippen molar-refractivity contribution in [2.45, 2.75) is 60.0 Å². The molecule has 0 aromatic carbocycles. The highest BCUT2D eigenvalue weighted by Crippen LogP contribution is 2.62. The van der Waals surface area contributed by atoms with Crippen molar-refractivity contribution in [3.05, 3.63) is 0 Å². The number of carbonyl (C=O) groups is 1. The van der Waals surface area contributed by atoms with Crippen LogP contribution in [0.15, 0.2) is 0 Å². The molecule has 1 aliphatic rings. The molecule has 1 rings (SSSR count). The first-order valence-electron chi connectivity index (χ1n) is 6.03. The molecule has 0 aromatic heterocycles. The molecular weight excluding hydrogens is 200 g/mol. The van der Waals surface area contributed by atoms with E-state index in [1.807, 2.05) is 0 Å². The quantitative estimate of drug-likeness (QED) is 0.772. The molecule has 0 bridgehead atoms. The summed E-state index contributed by atoms with van der Waals surface area (Å²) >= 11 is 0. The van der Waals surface area contributed by atoms with Crippen molar-refractivity contribution in [3.8, 4) is 0 Å². The van der Waals surface area contributed by atoms with Crippen LogP contribution in [0.1, 0.15) is 48.5 Å². The Balaban J connectivity index is 2.38. The summed E-state index contributed by atoms with van der Waals surface area (Å²) in [4.78, 5) is 11.7. The van der Waals surface area contributed by atoms with Gasteiger partial charge in [0.15, 0.2) is 0 Å². The third kappa shape index (κ3) is 2.57. The molecule has 1 aliphatic carbocycles. The third-order valence-corrected chi connectivity index (χ3v) is 4.11. The molecule has 0 radical (unpaired) electrons. The molecule has 0 unspecified atom stereocenters. The molecule has 0 aromatic rings. The summed E-state index contributed by atoms with van der Waals surface area (Å²) in [5, 5.41) is 6.30. The Labute approximate surface area is 99.4 Å². The molecular formula is C13H26N2O. The molecule has 1 amide bonds. The van der Waals surface area contributed by atoms with Crippen LogP contribution >= 0.6 is 0 Å². The van der Waals surface area contributed by atoms with Crippen LogP contribution in [-0.4, -0.2) is 24.0 Å². The lowest BCUT2D eigenvalue weighted by Gasteiger charge is -2.20. The second kappa shape index (κ2) is 3.73. The fraction of sp³-hybridized carbons (Fsp3) is 0.923. The summed E-state index contributed by atoms with van der Waals surface area (Å²) in [6.07, 6.45) is 0. The lowest BCUT2D eigenvalue weighted by Crippen LogP contribution is -2.44. The maximum Gasteiger partial charge on any atom is 0.234 e. The SMILES string of the molecule is CC(C)(C)NCC(=O)NC1C(C)(C)C1(C)C. The average molecular weight is 226 g/mol. The Morgan fingerprint density at radius 2 is 1.56 bits per heavy atom. The van der Waals surface area contributed by atoms with Gasteiger partial charge in [-0.2, -0.15) is 0 Å². The van der Waals surface area contributed by atoms with Crippen molar-refractivity contribution < 1.29 is 4.79 Å². The maximum absolute atomic E-state index is 11.7. The van der Waals surface area contributed by atoms with Gasteiger partial charge >= 0.3 is 0 Å². The minimum atomic E-state index is -0.00801. The van der Waals surface area contributed by atoms with Gasteiger partial charge in [-0.05, 0) is 31.6 Å². The highest BCUT2D eigenvalue weighted by molar-refractivity contribution is 5.79. The molecule has 2 N–H and O–H groups in total. The number of nitrogens with one attached hydrogen (secondary N) is 2. The fourth-order valence-electron chi connectivity index (χ4n) is 2.11. The summed E-state index contributed by atoms with van der Waals surface area (Å²) in [6, 6.07) is 0.300. The summed E-state index contributed by atoms with van der Waals surface area (Å²) in [5.41, 5.74) is 0.417. The van der Waals surface area contributed by atoms with Crippen molar-refractivity contribution in [2.24, 2.45) is 10.8 Å². The summed E-state index contributed by atoms with van der Waals surface area (Å²) < 4.78 is 0. The number of amides is 1. The van der Waals surface area contributed by atoms with E-state index < -0.39 is 0 Å². The lowest BCUT2D eigenvalue weighted by atomic mass is 10.0. The normalized spacial score (nSPS) is 22.9. The van der Waals surface area contributed by atoms with Crippen LogP contribution in [0.3, 0.4) is 0 Å². The predicted molar refractivity (Wildman–Crippen MR) is 67.2 cm³/mol. The van der Waals surface area contributed by atoms with Gasteiger partial charge in [0.05, 0.1) is 6.54 Å². The maximum atomic E-state index is 11.7. The van der Waals surface area contributed by atoms with Crippen molar-refractivity contribution >= 4 is 5.91 Å². The van der Waals surface area contributed by atoms with Crippen LogP contribution in [0.5, 0.6) is 0 Å². The van der Waals surface area contributed by atoms with E-state index in [1.54, 1.807) is 0 Å². The standard InChI is InChI=1S/C13H26N2O/c1-11(2,3)14-8-9(16)15-10-12(4,5)13(10,6)7/h10,14H,8H2,1-7H3,(H,15,16). The van der Waals surface area contributed by atoms with Crippen LogP contribution in [0, 0.1) is 10.8 Å². The zero-order valence-electron chi connectivity index (χ0n) is 11.7. The van der Waals surface area contributed by atoms with Crippen LogP contribution in [0.2, 0.25) is 0 Å². The first-order chi connectivity index (χ1) is 6.98. The van der Waals surface area contributed by atoms with Gasteiger partial charge in [-0.25, -0.2) is 0 Å². The van der Waals surface area contributed by atoms with E-state index in [2.05, 4.69) is 59.1 Å². The Morgan fingerprint density at radius 3 is 1.88 bits per heavy atom. The number of hydrogen-bond acceptors (Lipinski definition) is 2. The molecule has 94 valence electrons. The Hall–Kier alpha value is -0.570. The van der Waals surface area contributed by atoms with E-state index >= 15 is 0 Å². The molecule has 0 saturated heterocycles. The van der Waals surface area contributed by atoms with Crippen LogP contribution in [0.4, 0.5) is 0 Å². The molecule has 3 heteroatoms. The Bertz CT molecular complexity index is 273. The molecule has 16 heavy (non-hydrogen) atoms. The second-order valence-electron chi connectivity index (χ2n) is 7.05. The molecule has 0 atom stereocenters. The van der Waals surface area contributed by atoms with Gasteiger partial charge in [0.2, 0.25) is 5.91 Å². The molecule has 3 nitrogen and oxygen atoms in total. The van der Waals surface area contributed by atoms with Gasteiger partial charge in [0.25, 0.3) is 0 Å². The highest BCUT2D eigenvalue weighted by Gasteiger charge is 2.65. The molecule has 1 fully saturated rings. The van der Waals surface area contributed by atoms with Gasteiger partial charge in [-0.15, -0.1) is 0 Å². The molecule has 0 spiro atoms. The minimum Gasteiger partial charge on any atom is -0.351 e. The summed E-state index contributed by atoms with van der Waals surface area (Å²) in [6.45, 7) is 15.4. The average Bonchev–Trinajstić information content (AvgIpc) is 2.43. The summed E-state index contributed by atoms with van der Waals surface area (Å²) in [5.74, 6) is 0.0959. The lowest BCUT2D eigenvalue weighted by molar-refractivity contribution is -0.120. The highest BCUT2D eigenvalue weighted by atomic mass is 16.2. The van der Waals surface area contributed by atoms with Gasteiger partial charge in [-0.3, -0.25) is 4.79 Å². The van der Waals surface area contributed by atoms with E-state index in [-0.39, 0.29) is 22.3 Å². The first-order valence-corrected chi connectivity index (χ1v) is 6.03. The zero-order chi connectivity index (χ0) is 12.8. The van der Waals surface area contributed by atoms with Gasteiger partial charge < -0.3 is 10.6 Å². The molecule has 0 aliphatic heterocycles. The van der Waals surface area contributed by atoms with Crippen LogP contribution < -0.4 is 10.6 Å². The van der Waals surface area contributed by atoms with E-state index in [0.717, 1.165) is 0 Å². The second-order valence-corrected chi connectivity index (χ2v) is 7.05. The van der Waals surface area contributed by atoms with Crippen molar-refractivity contribution in [1.29, 1.82) is 0 Å². The smallest absolute Gasteiger partial charge is 0.234 e. The first kappa shape index (κ1) is 13.5. The van der Waals surface area contributed by atoms with Crippen LogP contribution in [-0.2, 0) is 4.79 Å².